The molecule has 2 aliphatic rings. The fourth-order valence-corrected chi connectivity index (χ4v) is 4.70. The van der Waals surface area contributed by atoms with Crippen LogP contribution in [0.5, 0.6) is 5.75 Å². The lowest BCUT2D eigenvalue weighted by Gasteiger charge is -2.36. The number of halogens is 2. The van der Waals surface area contributed by atoms with Gasteiger partial charge < -0.3 is 10.0 Å². The Kier molecular flexibility index (Phi) is 5.07. The van der Waals surface area contributed by atoms with Gasteiger partial charge in [0, 0.05) is 28.5 Å². The Morgan fingerprint density at radius 2 is 1.83 bits per heavy atom. The lowest BCUT2D eigenvalue weighted by atomic mass is 9.85. The van der Waals surface area contributed by atoms with Gasteiger partial charge in [-0.3, -0.25) is 4.79 Å². The van der Waals surface area contributed by atoms with Crippen LogP contribution in [-0.2, 0) is 11.2 Å². The maximum absolute atomic E-state index is 12.8. The molecule has 0 bridgehead atoms. The SMILES string of the molecule is C[C@@H]1CCCC[C@@H]1N1CCC(Cc2c(Cl)cc(O)cc2Cl)C1=O. The molecule has 1 unspecified atom stereocenters. The van der Waals surface area contributed by atoms with E-state index in [1.807, 2.05) is 0 Å². The zero-order valence-electron chi connectivity index (χ0n) is 13.4. The number of carbonyl (C=O) groups excluding carboxylic acids is 1. The quantitative estimate of drug-likeness (QED) is 0.855. The maximum atomic E-state index is 12.8. The van der Waals surface area contributed by atoms with Gasteiger partial charge in [0.25, 0.3) is 0 Å². The van der Waals surface area contributed by atoms with Crippen molar-refractivity contribution in [3.05, 3.63) is 27.7 Å². The number of likely N-dealkylation sites (tertiary alicyclic amines) is 1. The fraction of sp³-hybridized carbons (Fsp3) is 0.611. The Morgan fingerprint density at radius 3 is 2.48 bits per heavy atom. The molecule has 126 valence electrons. The van der Waals surface area contributed by atoms with Crippen molar-refractivity contribution in [3.8, 4) is 5.75 Å². The second-order valence-corrected chi connectivity index (χ2v) is 7.75. The van der Waals surface area contributed by atoms with Gasteiger partial charge in [0.1, 0.15) is 5.75 Å². The van der Waals surface area contributed by atoms with Crippen LogP contribution in [0.25, 0.3) is 0 Å². The molecule has 5 heteroatoms. The number of hydrogen-bond acceptors (Lipinski definition) is 2. The molecule has 1 N–H and O–H groups in total. The van der Waals surface area contributed by atoms with E-state index in [0.29, 0.717) is 28.4 Å². The van der Waals surface area contributed by atoms with Crippen LogP contribution in [0.3, 0.4) is 0 Å². The summed E-state index contributed by atoms with van der Waals surface area (Å²) in [7, 11) is 0. The van der Waals surface area contributed by atoms with Crippen molar-refractivity contribution in [1.29, 1.82) is 0 Å². The topological polar surface area (TPSA) is 40.5 Å². The molecular formula is C18H23Cl2NO2. The summed E-state index contributed by atoms with van der Waals surface area (Å²) in [6, 6.07) is 3.37. The minimum Gasteiger partial charge on any atom is -0.508 e. The van der Waals surface area contributed by atoms with Crippen molar-refractivity contribution in [1.82, 2.24) is 4.90 Å². The first-order chi connectivity index (χ1) is 11.0. The zero-order valence-corrected chi connectivity index (χ0v) is 14.9. The molecule has 0 radical (unpaired) electrons. The van der Waals surface area contributed by atoms with Crippen LogP contribution in [0.15, 0.2) is 12.1 Å². The molecular weight excluding hydrogens is 333 g/mol. The van der Waals surface area contributed by atoms with Crippen molar-refractivity contribution in [2.75, 3.05) is 6.54 Å². The Labute approximate surface area is 147 Å². The van der Waals surface area contributed by atoms with Crippen LogP contribution in [-0.4, -0.2) is 28.5 Å². The van der Waals surface area contributed by atoms with E-state index < -0.39 is 0 Å². The molecule has 1 aliphatic carbocycles. The first-order valence-corrected chi connectivity index (χ1v) is 9.20. The molecule has 23 heavy (non-hydrogen) atoms. The van der Waals surface area contributed by atoms with Gasteiger partial charge in [0.2, 0.25) is 5.91 Å². The minimum atomic E-state index is -0.0522. The van der Waals surface area contributed by atoms with E-state index in [9.17, 15) is 9.90 Å². The van der Waals surface area contributed by atoms with Crippen LogP contribution in [0, 0.1) is 11.8 Å². The minimum absolute atomic E-state index is 0.0522. The normalized spacial score (nSPS) is 28.4. The predicted octanol–water partition coefficient (Wildman–Crippen LogP) is 4.67. The lowest BCUT2D eigenvalue weighted by molar-refractivity contribution is -0.134. The number of phenols is 1. The van der Waals surface area contributed by atoms with E-state index in [0.717, 1.165) is 24.9 Å². The monoisotopic (exact) mass is 355 g/mol. The van der Waals surface area contributed by atoms with Crippen molar-refractivity contribution in [2.24, 2.45) is 11.8 Å². The maximum Gasteiger partial charge on any atom is 0.226 e. The molecule has 3 atom stereocenters. The Morgan fingerprint density at radius 1 is 1.17 bits per heavy atom. The van der Waals surface area contributed by atoms with Crippen molar-refractivity contribution in [2.45, 2.75) is 51.5 Å². The van der Waals surface area contributed by atoms with Crippen LogP contribution >= 0.6 is 23.2 Å². The summed E-state index contributed by atoms with van der Waals surface area (Å²) >= 11 is 12.4. The summed E-state index contributed by atoms with van der Waals surface area (Å²) in [5.41, 5.74) is 0.767. The third-order valence-corrected chi connectivity index (χ3v) is 6.07. The molecule has 1 aliphatic heterocycles. The third kappa shape index (κ3) is 3.46. The van der Waals surface area contributed by atoms with Crippen LogP contribution in [0.4, 0.5) is 0 Å². The largest absolute Gasteiger partial charge is 0.508 e. The van der Waals surface area contributed by atoms with Crippen molar-refractivity contribution < 1.29 is 9.90 Å². The average molecular weight is 356 g/mol. The van der Waals surface area contributed by atoms with Gasteiger partial charge in [-0.15, -0.1) is 0 Å². The highest BCUT2D eigenvalue weighted by Gasteiger charge is 2.38. The molecule has 1 aromatic rings. The standard InChI is InChI=1S/C18H23Cl2NO2/c1-11-4-2-3-5-17(11)21-7-6-12(18(21)23)8-14-15(19)9-13(22)10-16(14)20/h9-12,17,22H,2-8H2,1H3/t11-,12?,17+/m1/s1. The number of aromatic hydroxyl groups is 1. The molecule has 3 nitrogen and oxygen atoms in total. The van der Waals surface area contributed by atoms with E-state index in [4.69, 9.17) is 23.2 Å². The number of carbonyl (C=O) groups is 1. The summed E-state index contributed by atoms with van der Waals surface area (Å²) in [5, 5.41) is 10.4. The first-order valence-electron chi connectivity index (χ1n) is 8.44. The van der Waals surface area contributed by atoms with Crippen LogP contribution in [0.2, 0.25) is 10.0 Å². The highest BCUT2D eigenvalue weighted by molar-refractivity contribution is 6.36. The molecule has 2 fully saturated rings. The second-order valence-electron chi connectivity index (χ2n) is 6.94. The van der Waals surface area contributed by atoms with Gasteiger partial charge in [0.05, 0.1) is 0 Å². The molecule has 3 rings (SSSR count). The van der Waals surface area contributed by atoms with Gasteiger partial charge in [-0.25, -0.2) is 0 Å². The fourth-order valence-electron chi connectivity index (χ4n) is 4.07. The molecule has 0 aromatic heterocycles. The molecule has 1 amide bonds. The van der Waals surface area contributed by atoms with Crippen LogP contribution < -0.4 is 0 Å². The zero-order chi connectivity index (χ0) is 16.6. The van der Waals surface area contributed by atoms with E-state index in [1.54, 1.807) is 0 Å². The summed E-state index contributed by atoms with van der Waals surface area (Å²) < 4.78 is 0. The third-order valence-electron chi connectivity index (χ3n) is 5.39. The number of rotatable bonds is 3. The Bertz CT molecular complexity index is 582. The summed E-state index contributed by atoms with van der Waals surface area (Å²) in [5.74, 6) is 0.832. The van der Waals surface area contributed by atoms with Gasteiger partial charge in [-0.05, 0) is 49.3 Å². The average Bonchev–Trinajstić information content (AvgIpc) is 2.84. The number of nitrogens with zero attached hydrogens (tertiary/aromatic N) is 1. The number of benzene rings is 1. The van der Waals surface area contributed by atoms with Crippen molar-refractivity contribution >= 4 is 29.1 Å². The number of phenolic OH excluding ortho intramolecular Hbond substituents is 1. The van der Waals surface area contributed by atoms with Crippen molar-refractivity contribution in [3.63, 3.8) is 0 Å². The van der Waals surface area contributed by atoms with Crippen LogP contribution in [0.1, 0.15) is 44.6 Å². The highest BCUT2D eigenvalue weighted by Crippen LogP contribution is 2.36. The van der Waals surface area contributed by atoms with E-state index in [2.05, 4.69) is 11.8 Å². The number of amides is 1. The Hall–Kier alpha value is -0.930. The van der Waals surface area contributed by atoms with Gasteiger partial charge in [-0.1, -0.05) is 43.0 Å². The molecule has 1 saturated heterocycles. The summed E-state index contributed by atoms with van der Waals surface area (Å²) in [4.78, 5) is 14.9. The van der Waals surface area contributed by atoms with E-state index in [1.165, 1.54) is 31.4 Å². The predicted molar refractivity (Wildman–Crippen MR) is 93.1 cm³/mol. The summed E-state index contributed by atoms with van der Waals surface area (Å²) in [6.45, 7) is 3.10. The highest BCUT2D eigenvalue weighted by atomic mass is 35.5. The first kappa shape index (κ1) is 16.9. The Balaban J connectivity index is 1.72. The van der Waals surface area contributed by atoms with Gasteiger partial charge >= 0.3 is 0 Å². The van der Waals surface area contributed by atoms with E-state index >= 15 is 0 Å². The van der Waals surface area contributed by atoms with Gasteiger partial charge in [0.15, 0.2) is 0 Å². The molecule has 0 spiro atoms. The van der Waals surface area contributed by atoms with E-state index in [-0.39, 0.29) is 17.6 Å². The lowest BCUT2D eigenvalue weighted by Crippen LogP contribution is -2.43. The molecule has 1 saturated carbocycles. The summed E-state index contributed by atoms with van der Waals surface area (Å²) in [6.07, 6.45) is 6.25. The molecule has 1 heterocycles. The second kappa shape index (κ2) is 6.90. The molecule has 1 aromatic carbocycles. The number of hydrogen-bond donors (Lipinski definition) is 1. The van der Waals surface area contributed by atoms with Gasteiger partial charge in [-0.2, -0.15) is 0 Å². The smallest absolute Gasteiger partial charge is 0.226 e.